The number of rotatable bonds is 6. The highest BCUT2D eigenvalue weighted by molar-refractivity contribution is 6.31. The quantitative estimate of drug-likeness (QED) is 0.345. The van der Waals surface area contributed by atoms with Crippen molar-refractivity contribution in [2.75, 3.05) is 16.4 Å². The molecule has 0 radical (unpaired) electrons. The number of nitrogens with two attached hydrogens (primary N) is 1. The van der Waals surface area contributed by atoms with E-state index in [4.69, 9.17) is 17.3 Å². The van der Waals surface area contributed by atoms with Gasteiger partial charge in [0.2, 0.25) is 5.91 Å². The largest absolute Gasteiger partial charge is 0.397 e. The molecule has 1 atom stereocenters. The molecule has 0 fully saturated rings. The Kier molecular flexibility index (Phi) is 7.01. The summed E-state index contributed by atoms with van der Waals surface area (Å²) in [5.74, 6) is -1.07. The summed E-state index contributed by atoms with van der Waals surface area (Å²) >= 11 is 6.13. The van der Waals surface area contributed by atoms with E-state index < -0.39 is 11.9 Å². The fraction of sp³-hybridized carbons (Fsp3) is 0.107. The van der Waals surface area contributed by atoms with Crippen molar-refractivity contribution in [2.45, 2.75) is 19.0 Å². The smallest absolute Gasteiger partial charge is 0.276 e. The van der Waals surface area contributed by atoms with E-state index in [1.165, 1.54) is 11.1 Å². The van der Waals surface area contributed by atoms with Crippen LogP contribution < -0.4 is 16.4 Å². The highest BCUT2D eigenvalue weighted by Crippen LogP contribution is 2.29. The van der Waals surface area contributed by atoms with Gasteiger partial charge in [-0.3, -0.25) is 19.4 Å². The van der Waals surface area contributed by atoms with E-state index in [2.05, 4.69) is 20.6 Å². The summed E-state index contributed by atoms with van der Waals surface area (Å²) in [6, 6.07) is 19.7. The molecule has 1 aliphatic heterocycles. The van der Waals surface area contributed by atoms with Crippen LogP contribution in [0.25, 0.3) is 0 Å². The van der Waals surface area contributed by atoms with Crippen LogP contribution >= 0.6 is 11.6 Å². The molecule has 0 bridgehead atoms. The van der Waals surface area contributed by atoms with Gasteiger partial charge < -0.3 is 21.3 Å². The monoisotopic (exact) mass is 526 g/mol. The average Bonchev–Trinajstić information content (AvgIpc) is 3.00. The van der Waals surface area contributed by atoms with Crippen molar-refractivity contribution < 1.29 is 14.4 Å². The van der Waals surface area contributed by atoms with Crippen molar-refractivity contribution in [1.29, 1.82) is 0 Å². The van der Waals surface area contributed by atoms with Crippen LogP contribution in [0.3, 0.4) is 0 Å². The zero-order valence-corrected chi connectivity index (χ0v) is 20.9. The van der Waals surface area contributed by atoms with Gasteiger partial charge in [-0.25, -0.2) is 4.98 Å². The lowest BCUT2D eigenvalue weighted by Crippen LogP contribution is -2.46. The molecule has 10 heteroatoms. The number of halogens is 1. The molecule has 9 nitrogen and oxygen atoms in total. The summed E-state index contributed by atoms with van der Waals surface area (Å²) in [6.45, 7) is 0.160. The third-order valence-electron chi connectivity index (χ3n) is 6.16. The first-order valence-corrected chi connectivity index (χ1v) is 12.2. The predicted octanol–water partition coefficient (Wildman–Crippen LogP) is 4.17. The predicted molar refractivity (Wildman–Crippen MR) is 145 cm³/mol. The second-order valence-electron chi connectivity index (χ2n) is 8.75. The molecule has 4 aromatic rings. The first-order valence-electron chi connectivity index (χ1n) is 11.8. The van der Waals surface area contributed by atoms with Crippen LogP contribution in [0.2, 0.25) is 5.02 Å². The number of carbonyl (C=O) groups is 3. The average molecular weight is 527 g/mol. The number of benzene rings is 2. The normalized spacial score (nSPS) is 14.9. The number of nitrogens with one attached hydrogen (secondary N) is 2. The maximum atomic E-state index is 13.7. The number of anilines is 3. The number of nitrogen functional groups attached to an aromatic ring is 1. The van der Waals surface area contributed by atoms with Crippen molar-refractivity contribution in [1.82, 2.24) is 14.9 Å². The summed E-state index contributed by atoms with van der Waals surface area (Å²) in [5, 5.41) is 6.04. The lowest BCUT2D eigenvalue weighted by atomic mass is 10.1. The Morgan fingerprint density at radius 2 is 1.79 bits per heavy atom. The zero-order chi connectivity index (χ0) is 26.6. The van der Waals surface area contributed by atoms with Crippen molar-refractivity contribution in [3.63, 3.8) is 0 Å². The number of fused-ring (bicyclic) bond motifs is 1. The van der Waals surface area contributed by atoms with Gasteiger partial charge >= 0.3 is 0 Å². The van der Waals surface area contributed by atoms with E-state index in [1.807, 2.05) is 12.1 Å². The highest BCUT2D eigenvalue weighted by Gasteiger charge is 2.36. The summed E-state index contributed by atoms with van der Waals surface area (Å²) in [4.78, 5) is 49.5. The molecule has 0 aliphatic carbocycles. The Hall–Kier alpha value is -4.76. The number of nitrogens with zero attached hydrogens (tertiary/aromatic N) is 3. The Morgan fingerprint density at radius 3 is 2.53 bits per heavy atom. The number of aromatic nitrogens is 2. The minimum absolute atomic E-state index is 0.133. The van der Waals surface area contributed by atoms with Crippen LogP contribution in [-0.2, 0) is 17.8 Å². The van der Waals surface area contributed by atoms with Gasteiger partial charge in [-0.1, -0.05) is 29.8 Å². The number of carbonyl (C=O) groups excluding carboxylic acids is 3. The van der Waals surface area contributed by atoms with E-state index in [1.54, 1.807) is 66.9 Å². The van der Waals surface area contributed by atoms with Crippen molar-refractivity contribution in [3.8, 4) is 0 Å². The lowest BCUT2D eigenvalue weighted by Gasteiger charge is -2.29. The molecule has 0 saturated heterocycles. The topological polar surface area (TPSA) is 130 Å². The molecule has 4 N–H and O–H groups in total. The summed E-state index contributed by atoms with van der Waals surface area (Å²) in [6.07, 6.45) is 3.38. The van der Waals surface area contributed by atoms with Gasteiger partial charge in [-0.15, -0.1) is 0 Å². The van der Waals surface area contributed by atoms with E-state index in [-0.39, 0.29) is 36.2 Å². The van der Waals surface area contributed by atoms with Crippen LogP contribution in [-0.4, -0.2) is 38.6 Å². The third-order valence-corrected chi connectivity index (χ3v) is 6.39. The van der Waals surface area contributed by atoms with E-state index >= 15 is 0 Å². The minimum Gasteiger partial charge on any atom is -0.397 e. The number of pyridine rings is 2. The summed E-state index contributed by atoms with van der Waals surface area (Å²) in [7, 11) is 0. The van der Waals surface area contributed by atoms with Crippen molar-refractivity contribution >= 4 is 46.4 Å². The molecule has 1 aliphatic rings. The molecule has 2 aromatic carbocycles. The Balaban J connectivity index is 1.41. The maximum absolute atomic E-state index is 13.7. The number of hydrogen-bond acceptors (Lipinski definition) is 6. The van der Waals surface area contributed by atoms with Gasteiger partial charge in [0.25, 0.3) is 11.8 Å². The van der Waals surface area contributed by atoms with Crippen LogP contribution in [0.1, 0.15) is 32.1 Å². The SMILES string of the molecule is Nc1cccnc1C(=O)Nc1ccc(CN2C(=O)c3ccc(Cl)cc3NC(=O)[C@H]2Cc2ccccn2)cc1. The zero-order valence-electron chi connectivity index (χ0n) is 20.1. The van der Waals surface area contributed by atoms with Crippen LogP contribution in [0.4, 0.5) is 17.1 Å². The second-order valence-corrected chi connectivity index (χ2v) is 9.18. The molecule has 0 unspecified atom stereocenters. The number of amides is 3. The first kappa shape index (κ1) is 24.9. The van der Waals surface area contributed by atoms with Gasteiger partial charge in [-0.05, 0) is 60.2 Å². The standard InChI is InChI=1S/C28H23ClN6O3/c29-18-8-11-21-23(14-18)34-26(36)24(15-20-4-1-2-12-31-20)35(28(21)38)16-17-6-9-19(10-7-17)33-27(37)25-22(30)5-3-13-32-25/h1-14,24H,15-16,30H2,(H,33,37)(H,34,36)/t24-/m1/s1. The summed E-state index contributed by atoms with van der Waals surface area (Å²) < 4.78 is 0. The Bertz CT molecular complexity index is 1510. The van der Waals surface area contributed by atoms with Gasteiger partial charge in [0, 0.05) is 41.8 Å². The molecule has 5 rings (SSSR count). The molecule has 0 saturated carbocycles. The van der Waals surface area contributed by atoms with Gasteiger partial charge in [0.1, 0.15) is 6.04 Å². The molecule has 190 valence electrons. The highest BCUT2D eigenvalue weighted by atomic mass is 35.5. The fourth-order valence-electron chi connectivity index (χ4n) is 4.25. The van der Waals surface area contributed by atoms with Crippen LogP contribution in [0, 0.1) is 0 Å². The van der Waals surface area contributed by atoms with Gasteiger partial charge in [0.15, 0.2) is 5.69 Å². The van der Waals surface area contributed by atoms with Gasteiger partial charge in [-0.2, -0.15) is 0 Å². The molecular formula is C28H23ClN6O3. The van der Waals surface area contributed by atoms with E-state index in [9.17, 15) is 14.4 Å². The van der Waals surface area contributed by atoms with E-state index in [0.717, 1.165) is 5.56 Å². The third kappa shape index (κ3) is 5.33. The summed E-state index contributed by atoms with van der Waals surface area (Å²) in [5.41, 5.74) is 8.96. The Labute approximate surface area is 223 Å². The molecular weight excluding hydrogens is 504 g/mol. The number of hydrogen-bond donors (Lipinski definition) is 3. The second kappa shape index (κ2) is 10.7. The molecule has 3 heterocycles. The first-order chi connectivity index (χ1) is 18.4. The van der Waals surface area contributed by atoms with E-state index in [0.29, 0.717) is 27.7 Å². The molecule has 3 amide bonds. The van der Waals surface area contributed by atoms with Crippen molar-refractivity contribution in [2.24, 2.45) is 0 Å². The molecule has 38 heavy (non-hydrogen) atoms. The maximum Gasteiger partial charge on any atom is 0.276 e. The molecule has 2 aromatic heterocycles. The van der Waals surface area contributed by atoms with Crippen LogP contribution in [0.15, 0.2) is 85.2 Å². The lowest BCUT2D eigenvalue weighted by molar-refractivity contribution is -0.120. The van der Waals surface area contributed by atoms with Gasteiger partial charge in [0.05, 0.1) is 16.9 Å². The Morgan fingerprint density at radius 1 is 1.00 bits per heavy atom. The molecule has 0 spiro atoms. The van der Waals surface area contributed by atoms with Crippen molar-refractivity contribution in [3.05, 3.63) is 113 Å². The minimum atomic E-state index is -0.810. The fourth-order valence-corrected chi connectivity index (χ4v) is 4.42. The van der Waals surface area contributed by atoms with Crippen LogP contribution in [0.5, 0.6) is 0 Å².